The van der Waals surface area contributed by atoms with Crippen molar-refractivity contribution in [3.63, 3.8) is 0 Å². The maximum Gasteiger partial charge on any atom is 0.264 e. The fourth-order valence-corrected chi connectivity index (χ4v) is 6.71. The Morgan fingerprint density at radius 2 is 1.32 bits per heavy atom. The van der Waals surface area contributed by atoms with E-state index in [2.05, 4.69) is 5.32 Å². The Morgan fingerprint density at radius 1 is 0.750 bits per heavy atom. The van der Waals surface area contributed by atoms with Crippen LogP contribution in [0.2, 0.25) is 15.1 Å². The molecular formula is C33H32Cl3N3O4S. The predicted octanol–water partition coefficient (Wildman–Crippen LogP) is 7.01. The maximum absolute atomic E-state index is 14.4. The van der Waals surface area contributed by atoms with Crippen molar-refractivity contribution in [2.45, 2.75) is 43.8 Å². The number of amides is 2. The number of benzene rings is 4. The van der Waals surface area contributed by atoms with E-state index in [-0.39, 0.29) is 45.5 Å². The van der Waals surface area contributed by atoms with Crippen molar-refractivity contribution < 1.29 is 18.0 Å². The molecule has 230 valence electrons. The van der Waals surface area contributed by atoms with Crippen LogP contribution in [0.3, 0.4) is 0 Å². The average Bonchev–Trinajstić information content (AvgIpc) is 2.98. The largest absolute Gasteiger partial charge is 0.352 e. The molecule has 44 heavy (non-hydrogen) atoms. The summed E-state index contributed by atoms with van der Waals surface area (Å²) in [5, 5.41) is 3.84. The van der Waals surface area contributed by atoms with Crippen molar-refractivity contribution in [1.82, 2.24) is 10.2 Å². The molecule has 0 aromatic heterocycles. The van der Waals surface area contributed by atoms with Gasteiger partial charge in [0.1, 0.15) is 12.6 Å². The molecule has 0 aliphatic rings. The van der Waals surface area contributed by atoms with Crippen LogP contribution in [0.1, 0.15) is 25.0 Å². The molecule has 4 aromatic rings. The molecule has 1 atom stereocenters. The maximum atomic E-state index is 14.4. The average molecular weight is 673 g/mol. The Balaban J connectivity index is 1.82. The molecule has 2 amide bonds. The van der Waals surface area contributed by atoms with Crippen LogP contribution in [0.5, 0.6) is 0 Å². The van der Waals surface area contributed by atoms with Gasteiger partial charge in [0.15, 0.2) is 0 Å². The molecule has 0 heterocycles. The molecule has 0 aliphatic heterocycles. The van der Waals surface area contributed by atoms with Gasteiger partial charge in [-0.05, 0) is 67.4 Å². The third-order valence-electron chi connectivity index (χ3n) is 6.71. The second kappa shape index (κ2) is 14.9. The van der Waals surface area contributed by atoms with Gasteiger partial charge in [0.05, 0.1) is 10.6 Å². The van der Waals surface area contributed by atoms with Gasteiger partial charge in [-0.25, -0.2) is 8.42 Å². The first-order valence-corrected chi connectivity index (χ1v) is 16.4. The molecule has 11 heteroatoms. The Bertz CT molecular complexity index is 1670. The van der Waals surface area contributed by atoms with Gasteiger partial charge in [-0.3, -0.25) is 13.9 Å². The number of carbonyl (C=O) groups excluding carboxylic acids is 2. The first-order valence-electron chi connectivity index (χ1n) is 13.9. The number of nitrogens with zero attached hydrogens (tertiary/aromatic N) is 2. The van der Waals surface area contributed by atoms with Crippen LogP contribution >= 0.6 is 34.8 Å². The van der Waals surface area contributed by atoms with Gasteiger partial charge in [0.2, 0.25) is 11.8 Å². The minimum atomic E-state index is -4.27. The lowest BCUT2D eigenvalue weighted by Crippen LogP contribution is -2.54. The van der Waals surface area contributed by atoms with Gasteiger partial charge in [-0.15, -0.1) is 0 Å². The standard InChI is InChI=1S/C33H32Cl3N3O4S/c1-23(2)37-33(41)31(17-24-9-5-3-6-10-24)38(21-25-13-15-26(34)16-14-25)32(40)22-39(29-19-27(35)18-28(36)20-29)44(42,43)30-11-7-4-8-12-30/h3-16,18-20,23,31H,17,21-22H2,1-2H3,(H,37,41). The molecule has 0 fully saturated rings. The lowest BCUT2D eigenvalue weighted by Gasteiger charge is -2.34. The molecule has 0 saturated carbocycles. The fourth-order valence-electron chi connectivity index (χ4n) is 4.65. The molecule has 0 saturated heterocycles. The highest BCUT2D eigenvalue weighted by Gasteiger charge is 2.35. The van der Waals surface area contributed by atoms with Crippen molar-refractivity contribution >= 4 is 62.3 Å². The quantitative estimate of drug-likeness (QED) is 0.176. The highest BCUT2D eigenvalue weighted by atomic mass is 35.5. The molecule has 7 nitrogen and oxygen atoms in total. The van der Waals surface area contributed by atoms with E-state index in [9.17, 15) is 18.0 Å². The molecule has 0 bridgehead atoms. The summed E-state index contributed by atoms with van der Waals surface area (Å²) in [6, 6.07) is 27.2. The van der Waals surface area contributed by atoms with E-state index in [0.29, 0.717) is 10.6 Å². The SMILES string of the molecule is CC(C)NC(=O)C(Cc1ccccc1)N(Cc1ccc(Cl)cc1)C(=O)CN(c1cc(Cl)cc(Cl)c1)S(=O)(=O)c1ccccc1. The van der Waals surface area contributed by atoms with Crippen LogP contribution in [0, 0.1) is 0 Å². The highest BCUT2D eigenvalue weighted by Crippen LogP contribution is 2.30. The number of rotatable bonds is 12. The number of anilines is 1. The normalized spacial score (nSPS) is 12.0. The Labute approximate surface area is 273 Å². The van der Waals surface area contributed by atoms with Crippen LogP contribution < -0.4 is 9.62 Å². The Kier molecular flexibility index (Phi) is 11.3. The van der Waals surface area contributed by atoms with Crippen molar-refractivity contribution in [1.29, 1.82) is 0 Å². The number of halogens is 3. The van der Waals surface area contributed by atoms with E-state index < -0.39 is 28.5 Å². The van der Waals surface area contributed by atoms with Gasteiger partial charge >= 0.3 is 0 Å². The lowest BCUT2D eigenvalue weighted by atomic mass is 10.0. The fraction of sp³-hybridized carbons (Fsp3) is 0.212. The minimum Gasteiger partial charge on any atom is -0.352 e. The molecule has 4 aromatic carbocycles. The van der Waals surface area contributed by atoms with Gasteiger partial charge in [-0.1, -0.05) is 95.5 Å². The van der Waals surface area contributed by atoms with E-state index in [1.165, 1.54) is 35.2 Å². The van der Waals surface area contributed by atoms with Gasteiger partial charge in [0, 0.05) is 34.1 Å². The Hall–Kier alpha value is -3.56. The van der Waals surface area contributed by atoms with Crippen LogP contribution in [0.25, 0.3) is 0 Å². The van der Waals surface area contributed by atoms with Crippen LogP contribution in [-0.2, 0) is 32.6 Å². The van der Waals surface area contributed by atoms with E-state index in [0.717, 1.165) is 9.87 Å². The van der Waals surface area contributed by atoms with Crippen molar-refractivity contribution in [2.24, 2.45) is 0 Å². The van der Waals surface area contributed by atoms with Gasteiger partial charge in [0.25, 0.3) is 10.0 Å². The van der Waals surface area contributed by atoms with Crippen molar-refractivity contribution in [2.75, 3.05) is 10.8 Å². The second-order valence-corrected chi connectivity index (χ2v) is 13.6. The number of sulfonamides is 1. The highest BCUT2D eigenvalue weighted by molar-refractivity contribution is 7.92. The lowest BCUT2D eigenvalue weighted by molar-refractivity contribution is -0.140. The number of carbonyl (C=O) groups is 2. The molecule has 1 N–H and O–H groups in total. The summed E-state index contributed by atoms with van der Waals surface area (Å²) in [6.07, 6.45) is 0.202. The van der Waals surface area contributed by atoms with E-state index in [1.54, 1.807) is 42.5 Å². The van der Waals surface area contributed by atoms with E-state index >= 15 is 0 Å². The summed E-state index contributed by atoms with van der Waals surface area (Å²) in [7, 11) is -4.27. The zero-order chi connectivity index (χ0) is 31.9. The number of hydrogen-bond donors (Lipinski definition) is 1. The Morgan fingerprint density at radius 3 is 1.89 bits per heavy atom. The predicted molar refractivity (Wildman–Crippen MR) is 177 cm³/mol. The molecule has 0 radical (unpaired) electrons. The summed E-state index contributed by atoms with van der Waals surface area (Å²) in [6.45, 7) is 3.07. The number of nitrogens with one attached hydrogen (secondary N) is 1. The zero-order valence-electron chi connectivity index (χ0n) is 24.2. The monoisotopic (exact) mass is 671 g/mol. The summed E-state index contributed by atoms with van der Waals surface area (Å²) in [5.41, 5.74) is 1.65. The summed E-state index contributed by atoms with van der Waals surface area (Å²) in [4.78, 5) is 29.5. The smallest absolute Gasteiger partial charge is 0.264 e. The first-order chi connectivity index (χ1) is 20.9. The minimum absolute atomic E-state index is 0.0217. The third-order valence-corrected chi connectivity index (χ3v) is 9.19. The van der Waals surface area contributed by atoms with Crippen LogP contribution in [-0.4, -0.2) is 43.8 Å². The molecule has 4 rings (SSSR count). The van der Waals surface area contributed by atoms with Crippen LogP contribution in [0.4, 0.5) is 5.69 Å². The zero-order valence-corrected chi connectivity index (χ0v) is 27.2. The topological polar surface area (TPSA) is 86.8 Å². The van der Waals surface area contributed by atoms with Crippen molar-refractivity contribution in [3.05, 3.63) is 129 Å². The van der Waals surface area contributed by atoms with E-state index in [1.807, 2.05) is 44.2 Å². The van der Waals surface area contributed by atoms with Gasteiger partial charge in [-0.2, -0.15) is 0 Å². The molecular weight excluding hydrogens is 641 g/mol. The molecule has 0 spiro atoms. The van der Waals surface area contributed by atoms with Crippen LogP contribution in [0.15, 0.2) is 108 Å². The van der Waals surface area contributed by atoms with E-state index in [4.69, 9.17) is 34.8 Å². The molecule has 1 unspecified atom stereocenters. The van der Waals surface area contributed by atoms with Gasteiger partial charge < -0.3 is 10.2 Å². The number of hydrogen-bond acceptors (Lipinski definition) is 4. The third kappa shape index (κ3) is 8.76. The summed E-state index contributed by atoms with van der Waals surface area (Å²) >= 11 is 18.7. The summed E-state index contributed by atoms with van der Waals surface area (Å²) in [5.74, 6) is -0.968. The van der Waals surface area contributed by atoms with Crippen molar-refractivity contribution in [3.8, 4) is 0 Å². The first kappa shape index (κ1) is 33.3. The molecule has 0 aliphatic carbocycles. The second-order valence-electron chi connectivity index (χ2n) is 10.5. The summed E-state index contributed by atoms with van der Waals surface area (Å²) < 4.78 is 29.0.